The minimum absolute atomic E-state index is 0.233. The van der Waals surface area contributed by atoms with Crippen molar-refractivity contribution in [2.75, 3.05) is 19.7 Å². The van der Waals surface area contributed by atoms with Gasteiger partial charge in [-0.1, -0.05) is 17.7 Å². The first-order valence-electron chi connectivity index (χ1n) is 6.89. The van der Waals surface area contributed by atoms with Crippen LogP contribution in [-0.2, 0) is 13.5 Å². The minimum Gasteiger partial charge on any atom is -0.491 e. The van der Waals surface area contributed by atoms with Crippen LogP contribution in [0.25, 0.3) is 0 Å². The minimum atomic E-state index is -0.562. The van der Waals surface area contributed by atoms with E-state index >= 15 is 0 Å². The number of ether oxygens (including phenoxy) is 1. The van der Waals surface area contributed by atoms with Crippen LogP contribution in [0.1, 0.15) is 5.69 Å². The molecule has 1 aromatic carbocycles. The summed E-state index contributed by atoms with van der Waals surface area (Å²) in [5, 5.41) is 17.9. The van der Waals surface area contributed by atoms with Gasteiger partial charge in [0.05, 0.1) is 5.69 Å². The maximum Gasteiger partial charge on any atom is 0.120 e. The summed E-state index contributed by atoms with van der Waals surface area (Å²) >= 11 is 5.86. The second-order valence-electron chi connectivity index (χ2n) is 4.86. The van der Waals surface area contributed by atoms with Crippen molar-refractivity contribution in [3.8, 4) is 5.75 Å². The summed E-state index contributed by atoms with van der Waals surface area (Å²) in [5.41, 5.74) is 1.04. The van der Waals surface area contributed by atoms with Crippen molar-refractivity contribution in [2.24, 2.45) is 7.05 Å². The lowest BCUT2D eigenvalue weighted by molar-refractivity contribution is 0.106. The molecule has 0 radical (unpaired) electrons. The third-order valence-corrected chi connectivity index (χ3v) is 3.18. The predicted molar refractivity (Wildman–Crippen MR) is 82.7 cm³/mol. The van der Waals surface area contributed by atoms with Crippen LogP contribution in [0.2, 0.25) is 5.02 Å². The van der Waals surface area contributed by atoms with Gasteiger partial charge in [-0.2, -0.15) is 5.10 Å². The Labute approximate surface area is 129 Å². The number of halogens is 1. The molecule has 1 aromatic heterocycles. The molecule has 0 aliphatic carbocycles. The zero-order valence-electron chi connectivity index (χ0n) is 12.0. The molecule has 0 saturated carbocycles. The molecule has 114 valence electrons. The molecule has 0 bridgehead atoms. The van der Waals surface area contributed by atoms with Gasteiger partial charge in [-0.3, -0.25) is 4.68 Å². The van der Waals surface area contributed by atoms with Gasteiger partial charge >= 0.3 is 0 Å². The average molecular weight is 310 g/mol. The van der Waals surface area contributed by atoms with Gasteiger partial charge < -0.3 is 15.2 Å². The SMILES string of the molecule is Cn1ccc(CCNCC(O)COc2cccc(Cl)c2)n1. The van der Waals surface area contributed by atoms with Gasteiger partial charge in [-0.05, 0) is 24.3 Å². The molecule has 1 unspecified atom stereocenters. The Morgan fingerprint density at radius 2 is 2.29 bits per heavy atom. The molecule has 0 saturated heterocycles. The van der Waals surface area contributed by atoms with Gasteiger partial charge in [0.25, 0.3) is 0 Å². The van der Waals surface area contributed by atoms with Gasteiger partial charge in [-0.15, -0.1) is 0 Å². The number of aliphatic hydroxyl groups is 1. The van der Waals surface area contributed by atoms with E-state index in [-0.39, 0.29) is 6.61 Å². The van der Waals surface area contributed by atoms with Gasteiger partial charge in [0.15, 0.2) is 0 Å². The van der Waals surface area contributed by atoms with E-state index in [1.54, 1.807) is 16.8 Å². The van der Waals surface area contributed by atoms with Crippen LogP contribution < -0.4 is 10.1 Å². The molecule has 21 heavy (non-hydrogen) atoms. The van der Waals surface area contributed by atoms with Gasteiger partial charge in [0.1, 0.15) is 18.5 Å². The monoisotopic (exact) mass is 309 g/mol. The first-order chi connectivity index (χ1) is 10.1. The molecule has 0 aliphatic heterocycles. The van der Waals surface area contributed by atoms with E-state index < -0.39 is 6.10 Å². The molecule has 0 spiro atoms. The summed E-state index contributed by atoms with van der Waals surface area (Å²) in [6, 6.07) is 9.12. The first-order valence-corrected chi connectivity index (χ1v) is 7.27. The van der Waals surface area contributed by atoms with Crippen LogP contribution in [0.5, 0.6) is 5.75 Å². The standard InChI is InChI=1S/C15H20ClN3O2/c1-19-8-6-13(18-19)5-7-17-10-14(20)11-21-15-4-2-3-12(16)9-15/h2-4,6,8-9,14,17,20H,5,7,10-11H2,1H3. The van der Waals surface area contributed by atoms with Crippen molar-refractivity contribution in [2.45, 2.75) is 12.5 Å². The van der Waals surface area contributed by atoms with Crippen molar-refractivity contribution in [3.05, 3.63) is 47.2 Å². The fourth-order valence-electron chi connectivity index (χ4n) is 1.89. The highest BCUT2D eigenvalue weighted by molar-refractivity contribution is 6.30. The van der Waals surface area contributed by atoms with Gasteiger partial charge in [0.2, 0.25) is 0 Å². The van der Waals surface area contributed by atoms with Crippen molar-refractivity contribution in [1.29, 1.82) is 0 Å². The average Bonchev–Trinajstić information content (AvgIpc) is 2.87. The quantitative estimate of drug-likeness (QED) is 0.728. The van der Waals surface area contributed by atoms with E-state index in [1.807, 2.05) is 31.4 Å². The molecule has 5 nitrogen and oxygen atoms in total. The third kappa shape index (κ3) is 5.75. The predicted octanol–water partition coefficient (Wildman–Crippen LogP) is 1.65. The fraction of sp³-hybridized carbons (Fsp3) is 0.400. The Hall–Kier alpha value is -1.56. The van der Waals surface area contributed by atoms with Crippen LogP contribution in [0, 0.1) is 0 Å². The Bertz CT molecular complexity index is 559. The number of hydrogen-bond donors (Lipinski definition) is 2. The van der Waals surface area contributed by atoms with Crippen molar-refractivity contribution in [3.63, 3.8) is 0 Å². The van der Waals surface area contributed by atoms with Crippen molar-refractivity contribution < 1.29 is 9.84 Å². The molecule has 0 aliphatic rings. The van der Waals surface area contributed by atoms with E-state index in [4.69, 9.17) is 16.3 Å². The Balaban J connectivity index is 1.60. The van der Waals surface area contributed by atoms with Crippen LogP contribution in [0.4, 0.5) is 0 Å². The number of hydrogen-bond acceptors (Lipinski definition) is 4. The number of benzene rings is 1. The number of nitrogens with zero attached hydrogens (tertiary/aromatic N) is 2. The number of aliphatic hydroxyl groups excluding tert-OH is 1. The van der Waals surface area contributed by atoms with E-state index in [9.17, 15) is 5.11 Å². The molecule has 2 N–H and O–H groups in total. The van der Waals surface area contributed by atoms with Crippen molar-refractivity contribution in [1.82, 2.24) is 15.1 Å². The summed E-state index contributed by atoms with van der Waals surface area (Å²) in [5.74, 6) is 0.662. The Morgan fingerprint density at radius 3 is 3.00 bits per heavy atom. The molecule has 0 amide bonds. The maximum atomic E-state index is 9.84. The van der Waals surface area contributed by atoms with Crippen molar-refractivity contribution >= 4 is 11.6 Å². The highest BCUT2D eigenvalue weighted by Crippen LogP contribution is 2.17. The number of aryl methyl sites for hydroxylation is 1. The Kier molecular flexibility index (Phi) is 6.04. The topological polar surface area (TPSA) is 59.3 Å². The second-order valence-corrected chi connectivity index (χ2v) is 5.29. The molecule has 1 atom stereocenters. The van der Waals surface area contributed by atoms with Crippen LogP contribution in [0.15, 0.2) is 36.5 Å². The van der Waals surface area contributed by atoms with E-state index in [2.05, 4.69) is 10.4 Å². The maximum absolute atomic E-state index is 9.84. The lowest BCUT2D eigenvalue weighted by Crippen LogP contribution is -2.32. The largest absolute Gasteiger partial charge is 0.491 e. The highest BCUT2D eigenvalue weighted by atomic mass is 35.5. The summed E-state index contributed by atoms with van der Waals surface area (Å²) in [6.45, 7) is 1.48. The summed E-state index contributed by atoms with van der Waals surface area (Å²) < 4.78 is 7.26. The number of nitrogens with one attached hydrogen (secondary N) is 1. The normalized spacial score (nSPS) is 12.3. The number of aromatic nitrogens is 2. The number of rotatable bonds is 8. The molecule has 6 heteroatoms. The zero-order chi connectivity index (χ0) is 15.1. The molecular formula is C15H20ClN3O2. The highest BCUT2D eigenvalue weighted by Gasteiger charge is 2.05. The molecule has 2 rings (SSSR count). The summed E-state index contributed by atoms with van der Waals surface area (Å²) in [7, 11) is 1.90. The molecule has 1 heterocycles. The molecular weight excluding hydrogens is 290 g/mol. The second kappa shape index (κ2) is 8.02. The first kappa shape index (κ1) is 15.8. The third-order valence-electron chi connectivity index (χ3n) is 2.95. The smallest absolute Gasteiger partial charge is 0.120 e. The van der Waals surface area contributed by atoms with Crippen LogP contribution >= 0.6 is 11.6 Å². The van der Waals surface area contributed by atoms with Crippen LogP contribution in [0.3, 0.4) is 0 Å². The van der Waals surface area contributed by atoms with E-state index in [0.29, 0.717) is 17.3 Å². The van der Waals surface area contributed by atoms with Gasteiger partial charge in [0, 0.05) is 37.8 Å². The van der Waals surface area contributed by atoms with Crippen LogP contribution in [-0.4, -0.2) is 40.7 Å². The Morgan fingerprint density at radius 1 is 1.43 bits per heavy atom. The zero-order valence-corrected chi connectivity index (χ0v) is 12.8. The molecule has 2 aromatic rings. The summed E-state index contributed by atoms with van der Waals surface area (Å²) in [6.07, 6.45) is 2.19. The summed E-state index contributed by atoms with van der Waals surface area (Å²) in [4.78, 5) is 0. The van der Waals surface area contributed by atoms with E-state index in [1.165, 1.54) is 0 Å². The lowest BCUT2D eigenvalue weighted by Gasteiger charge is -2.13. The lowest BCUT2D eigenvalue weighted by atomic mass is 10.3. The van der Waals surface area contributed by atoms with Gasteiger partial charge in [-0.25, -0.2) is 0 Å². The molecule has 0 fully saturated rings. The fourth-order valence-corrected chi connectivity index (χ4v) is 2.07. The van der Waals surface area contributed by atoms with E-state index in [0.717, 1.165) is 18.7 Å².